The van der Waals surface area contributed by atoms with Crippen molar-refractivity contribution in [2.75, 3.05) is 11.1 Å². The third-order valence-electron chi connectivity index (χ3n) is 1.75. The van der Waals surface area contributed by atoms with Crippen molar-refractivity contribution in [2.24, 2.45) is 0 Å². The fraction of sp³-hybridized carbons (Fsp3) is 0.200. The molecule has 0 aromatic heterocycles. The molecule has 0 heterocycles. The van der Waals surface area contributed by atoms with Gasteiger partial charge in [-0.1, -0.05) is 17.7 Å². The smallest absolute Gasteiger partial charge is 0.0593 e. The molecule has 2 nitrogen and oxygen atoms in total. The number of benzene rings is 1. The lowest BCUT2D eigenvalue weighted by Gasteiger charge is -2.13. The molecule has 3 heteroatoms. The quantitative estimate of drug-likeness (QED) is 0.576. The average molecular weight is 197 g/mol. The van der Waals surface area contributed by atoms with Crippen molar-refractivity contribution >= 4 is 23.0 Å². The molecule has 1 unspecified atom stereocenters. The highest BCUT2D eigenvalue weighted by Crippen LogP contribution is 2.23. The fourth-order valence-electron chi connectivity index (χ4n) is 0.958. The number of nitrogens with one attached hydrogen (secondary N) is 1. The SMILES string of the molecule is C=CC(C)Nc1cc(Cl)ccc1N. The lowest BCUT2D eigenvalue weighted by atomic mass is 10.2. The van der Waals surface area contributed by atoms with Crippen LogP contribution in [0.4, 0.5) is 11.4 Å². The zero-order valence-corrected chi connectivity index (χ0v) is 8.31. The number of anilines is 2. The van der Waals surface area contributed by atoms with Gasteiger partial charge in [-0.2, -0.15) is 0 Å². The van der Waals surface area contributed by atoms with Crippen LogP contribution >= 0.6 is 11.6 Å². The number of hydrogen-bond donors (Lipinski definition) is 2. The molecule has 0 saturated heterocycles. The summed E-state index contributed by atoms with van der Waals surface area (Å²) in [5.41, 5.74) is 7.28. The van der Waals surface area contributed by atoms with E-state index in [0.717, 1.165) is 5.69 Å². The van der Waals surface area contributed by atoms with Gasteiger partial charge in [-0.3, -0.25) is 0 Å². The van der Waals surface area contributed by atoms with Gasteiger partial charge < -0.3 is 11.1 Å². The molecular weight excluding hydrogens is 184 g/mol. The molecule has 0 aliphatic rings. The van der Waals surface area contributed by atoms with Gasteiger partial charge in [0, 0.05) is 11.1 Å². The highest BCUT2D eigenvalue weighted by atomic mass is 35.5. The van der Waals surface area contributed by atoms with E-state index in [0.29, 0.717) is 10.7 Å². The molecule has 1 rings (SSSR count). The molecule has 1 atom stereocenters. The van der Waals surface area contributed by atoms with Crippen LogP contribution in [0.2, 0.25) is 5.02 Å². The molecule has 0 radical (unpaired) electrons. The maximum atomic E-state index is 5.82. The minimum atomic E-state index is 0.181. The predicted octanol–water partition coefficient (Wildman–Crippen LogP) is 2.91. The molecule has 0 amide bonds. The van der Waals surface area contributed by atoms with Crippen LogP contribution in [0.25, 0.3) is 0 Å². The molecule has 3 N–H and O–H groups in total. The number of rotatable bonds is 3. The Labute approximate surface area is 83.4 Å². The number of nitrogens with two attached hydrogens (primary N) is 1. The van der Waals surface area contributed by atoms with E-state index in [9.17, 15) is 0 Å². The summed E-state index contributed by atoms with van der Waals surface area (Å²) < 4.78 is 0. The van der Waals surface area contributed by atoms with Crippen molar-refractivity contribution in [1.29, 1.82) is 0 Å². The molecule has 0 aliphatic carbocycles. The standard InChI is InChI=1S/C10H13ClN2/c1-3-7(2)13-10-6-8(11)4-5-9(10)12/h3-7,13H,1,12H2,2H3. The lowest BCUT2D eigenvalue weighted by Crippen LogP contribution is -2.12. The second-order valence-corrected chi connectivity index (χ2v) is 3.34. The van der Waals surface area contributed by atoms with Crippen LogP contribution in [0, 0.1) is 0 Å². The summed E-state index contributed by atoms with van der Waals surface area (Å²) in [7, 11) is 0. The van der Waals surface area contributed by atoms with Crippen LogP contribution in [0.3, 0.4) is 0 Å². The van der Waals surface area contributed by atoms with Crippen molar-refractivity contribution in [3.05, 3.63) is 35.9 Å². The highest BCUT2D eigenvalue weighted by Gasteiger charge is 2.01. The fourth-order valence-corrected chi connectivity index (χ4v) is 1.13. The predicted molar refractivity (Wildman–Crippen MR) is 59.1 cm³/mol. The van der Waals surface area contributed by atoms with Crippen LogP contribution in [0.1, 0.15) is 6.92 Å². The monoisotopic (exact) mass is 196 g/mol. The molecule has 0 fully saturated rings. The van der Waals surface area contributed by atoms with Crippen LogP contribution in [-0.4, -0.2) is 6.04 Å². The second-order valence-electron chi connectivity index (χ2n) is 2.90. The summed E-state index contributed by atoms with van der Waals surface area (Å²) in [5.74, 6) is 0. The van der Waals surface area contributed by atoms with Gasteiger partial charge in [-0.15, -0.1) is 6.58 Å². The van der Waals surface area contributed by atoms with Gasteiger partial charge in [0.2, 0.25) is 0 Å². The van der Waals surface area contributed by atoms with Crippen molar-refractivity contribution in [3.8, 4) is 0 Å². The summed E-state index contributed by atoms with van der Waals surface area (Å²) in [4.78, 5) is 0. The molecule has 1 aromatic rings. The van der Waals surface area contributed by atoms with Crippen LogP contribution < -0.4 is 11.1 Å². The Hall–Kier alpha value is -1.15. The Morgan fingerprint density at radius 1 is 1.62 bits per heavy atom. The van der Waals surface area contributed by atoms with E-state index in [2.05, 4.69) is 11.9 Å². The summed E-state index contributed by atoms with van der Waals surface area (Å²) in [5, 5.41) is 3.85. The van der Waals surface area contributed by atoms with E-state index in [1.165, 1.54) is 0 Å². The van der Waals surface area contributed by atoms with Gasteiger partial charge in [-0.05, 0) is 25.1 Å². The topological polar surface area (TPSA) is 38.0 Å². The van der Waals surface area contributed by atoms with E-state index in [-0.39, 0.29) is 6.04 Å². The lowest BCUT2D eigenvalue weighted by molar-refractivity contribution is 1.00. The third-order valence-corrected chi connectivity index (χ3v) is 1.99. The second kappa shape index (κ2) is 4.19. The normalized spacial score (nSPS) is 12.2. The van der Waals surface area contributed by atoms with Crippen molar-refractivity contribution in [2.45, 2.75) is 13.0 Å². The molecular formula is C10H13ClN2. The Bertz CT molecular complexity index is 310. The molecule has 1 aromatic carbocycles. The van der Waals surface area contributed by atoms with Crippen molar-refractivity contribution < 1.29 is 0 Å². The van der Waals surface area contributed by atoms with Gasteiger partial charge in [0.1, 0.15) is 0 Å². The molecule has 0 saturated carbocycles. The van der Waals surface area contributed by atoms with Gasteiger partial charge in [0.05, 0.1) is 11.4 Å². The zero-order valence-electron chi connectivity index (χ0n) is 7.55. The van der Waals surface area contributed by atoms with E-state index < -0.39 is 0 Å². The first kappa shape index (κ1) is 9.93. The van der Waals surface area contributed by atoms with E-state index >= 15 is 0 Å². The highest BCUT2D eigenvalue weighted by molar-refractivity contribution is 6.31. The van der Waals surface area contributed by atoms with Gasteiger partial charge in [0.15, 0.2) is 0 Å². The number of halogens is 1. The number of nitrogen functional groups attached to an aromatic ring is 1. The van der Waals surface area contributed by atoms with E-state index in [4.69, 9.17) is 17.3 Å². The van der Waals surface area contributed by atoms with Crippen LogP contribution in [0.15, 0.2) is 30.9 Å². The average Bonchev–Trinajstić information content (AvgIpc) is 2.11. The van der Waals surface area contributed by atoms with E-state index in [1.807, 2.05) is 6.92 Å². The summed E-state index contributed by atoms with van der Waals surface area (Å²) in [6, 6.07) is 5.53. The van der Waals surface area contributed by atoms with Gasteiger partial charge >= 0.3 is 0 Å². The molecule has 0 aliphatic heterocycles. The Kier molecular flexibility index (Phi) is 3.20. The van der Waals surface area contributed by atoms with Gasteiger partial charge in [-0.25, -0.2) is 0 Å². The summed E-state index contributed by atoms with van der Waals surface area (Å²) in [6.07, 6.45) is 1.81. The maximum Gasteiger partial charge on any atom is 0.0593 e. The first-order valence-electron chi connectivity index (χ1n) is 4.07. The van der Waals surface area contributed by atoms with Crippen LogP contribution in [0.5, 0.6) is 0 Å². The van der Waals surface area contributed by atoms with E-state index in [1.54, 1.807) is 24.3 Å². The number of hydrogen-bond acceptors (Lipinski definition) is 2. The first-order valence-corrected chi connectivity index (χ1v) is 4.45. The minimum Gasteiger partial charge on any atom is -0.397 e. The van der Waals surface area contributed by atoms with Crippen LogP contribution in [-0.2, 0) is 0 Å². The molecule has 0 spiro atoms. The molecule has 0 bridgehead atoms. The third kappa shape index (κ3) is 2.67. The molecule has 13 heavy (non-hydrogen) atoms. The summed E-state index contributed by atoms with van der Waals surface area (Å²) in [6.45, 7) is 5.67. The van der Waals surface area contributed by atoms with Gasteiger partial charge in [0.25, 0.3) is 0 Å². The Morgan fingerprint density at radius 3 is 2.92 bits per heavy atom. The molecule has 70 valence electrons. The minimum absolute atomic E-state index is 0.181. The Balaban J connectivity index is 2.86. The Morgan fingerprint density at radius 2 is 2.31 bits per heavy atom. The van der Waals surface area contributed by atoms with Crippen molar-refractivity contribution in [1.82, 2.24) is 0 Å². The zero-order chi connectivity index (χ0) is 9.84. The largest absolute Gasteiger partial charge is 0.397 e. The first-order chi connectivity index (χ1) is 6.13. The van der Waals surface area contributed by atoms with Crippen molar-refractivity contribution in [3.63, 3.8) is 0 Å². The summed E-state index contributed by atoms with van der Waals surface area (Å²) >= 11 is 5.82. The maximum absolute atomic E-state index is 5.82.